The van der Waals surface area contributed by atoms with Crippen LogP contribution >= 0.6 is 0 Å². The van der Waals surface area contributed by atoms with Gasteiger partial charge in [0, 0.05) is 39.4 Å². The van der Waals surface area contributed by atoms with Gasteiger partial charge in [-0.15, -0.1) is 0 Å². The lowest BCUT2D eigenvalue weighted by atomic mass is 10.0. The van der Waals surface area contributed by atoms with Gasteiger partial charge in [-0.3, -0.25) is 9.89 Å². The van der Waals surface area contributed by atoms with Gasteiger partial charge in [0.2, 0.25) is 0 Å². The first-order valence-electron chi connectivity index (χ1n) is 9.31. The molecule has 1 unspecified atom stereocenters. The van der Waals surface area contributed by atoms with Gasteiger partial charge in [0.1, 0.15) is 0 Å². The van der Waals surface area contributed by atoms with Crippen molar-refractivity contribution in [3.63, 3.8) is 0 Å². The molecule has 1 saturated heterocycles. The number of likely N-dealkylation sites (tertiary alicyclic amines) is 1. The number of hydrogen-bond acceptors (Lipinski definition) is 3. The molecule has 0 bridgehead atoms. The van der Waals surface area contributed by atoms with Crippen LogP contribution in [0.25, 0.3) is 0 Å². The van der Waals surface area contributed by atoms with E-state index in [0.29, 0.717) is 17.9 Å². The van der Waals surface area contributed by atoms with E-state index in [-0.39, 0.29) is 0 Å². The van der Waals surface area contributed by atoms with Crippen LogP contribution in [0.2, 0.25) is 0 Å². The minimum absolute atomic E-state index is 0.588. The highest BCUT2D eigenvalue weighted by atomic mass is 16.5. The van der Waals surface area contributed by atoms with E-state index in [9.17, 15) is 0 Å². The monoisotopic (exact) mass is 326 g/mol. The quantitative estimate of drug-likeness (QED) is 0.367. The lowest BCUT2D eigenvalue weighted by Crippen LogP contribution is -2.48. The smallest absolute Gasteiger partial charge is 0.191 e. The Hall–Kier alpha value is -0.810. The summed E-state index contributed by atoms with van der Waals surface area (Å²) >= 11 is 0. The fourth-order valence-corrected chi connectivity index (χ4v) is 2.98. The number of rotatable bonds is 10. The number of guanidine groups is 1. The van der Waals surface area contributed by atoms with Gasteiger partial charge < -0.3 is 15.4 Å². The van der Waals surface area contributed by atoms with Crippen LogP contribution in [0.5, 0.6) is 0 Å². The van der Waals surface area contributed by atoms with Crippen LogP contribution < -0.4 is 10.6 Å². The molecular weight excluding hydrogens is 288 g/mol. The van der Waals surface area contributed by atoms with Crippen molar-refractivity contribution >= 4 is 5.96 Å². The zero-order chi connectivity index (χ0) is 17.1. The topological polar surface area (TPSA) is 48.9 Å². The Balaban J connectivity index is 2.21. The van der Waals surface area contributed by atoms with Gasteiger partial charge in [-0.25, -0.2) is 0 Å². The Labute approximate surface area is 143 Å². The van der Waals surface area contributed by atoms with Crippen molar-refractivity contribution in [3.05, 3.63) is 0 Å². The van der Waals surface area contributed by atoms with Crippen LogP contribution in [-0.2, 0) is 4.74 Å². The number of ether oxygens (including phenoxy) is 1. The summed E-state index contributed by atoms with van der Waals surface area (Å²) in [6.45, 7) is 15.0. The van der Waals surface area contributed by atoms with Crippen molar-refractivity contribution in [1.82, 2.24) is 15.5 Å². The van der Waals surface area contributed by atoms with E-state index in [1.54, 1.807) is 0 Å². The van der Waals surface area contributed by atoms with E-state index in [1.165, 1.54) is 25.9 Å². The molecule has 136 valence electrons. The van der Waals surface area contributed by atoms with Gasteiger partial charge in [0.05, 0.1) is 0 Å². The van der Waals surface area contributed by atoms with Crippen LogP contribution in [0.3, 0.4) is 0 Å². The summed E-state index contributed by atoms with van der Waals surface area (Å²) < 4.78 is 5.60. The number of nitrogens with zero attached hydrogens (tertiary/aromatic N) is 2. The Morgan fingerprint density at radius 1 is 1.13 bits per heavy atom. The van der Waals surface area contributed by atoms with E-state index >= 15 is 0 Å². The molecule has 0 aromatic rings. The van der Waals surface area contributed by atoms with Crippen molar-refractivity contribution in [2.24, 2.45) is 16.8 Å². The molecule has 2 N–H and O–H groups in total. The first kappa shape index (κ1) is 20.2. The summed E-state index contributed by atoms with van der Waals surface area (Å²) in [5, 5.41) is 6.88. The fraction of sp³-hybridized carbons (Fsp3) is 0.944. The Morgan fingerprint density at radius 2 is 1.83 bits per heavy atom. The summed E-state index contributed by atoms with van der Waals surface area (Å²) in [5.74, 6) is 2.16. The second kappa shape index (κ2) is 11.7. The van der Waals surface area contributed by atoms with Gasteiger partial charge in [0.15, 0.2) is 5.96 Å². The van der Waals surface area contributed by atoms with Crippen molar-refractivity contribution in [2.75, 3.05) is 46.4 Å². The maximum Gasteiger partial charge on any atom is 0.191 e. The summed E-state index contributed by atoms with van der Waals surface area (Å²) in [5.41, 5.74) is 0. The minimum Gasteiger partial charge on any atom is -0.381 e. The third-order valence-electron chi connectivity index (χ3n) is 4.29. The summed E-state index contributed by atoms with van der Waals surface area (Å²) in [7, 11) is 1.84. The predicted octanol–water partition coefficient (Wildman–Crippen LogP) is 2.33. The summed E-state index contributed by atoms with van der Waals surface area (Å²) in [6, 6.07) is 0.588. The molecule has 0 amide bonds. The number of aliphatic imine (C=N–C) groups is 1. The van der Waals surface area contributed by atoms with Gasteiger partial charge in [-0.2, -0.15) is 0 Å². The van der Waals surface area contributed by atoms with E-state index < -0.39 is 0 Å². The first-order chi connectivity index (χ1) is 11.0. The second-order valence-electron chi connectivity index (χ2n) is 7.26. The molecular formula is C18H38N4O. The maximum absolute atomic E-state index is 5.60. The van der Waals surface area contributed by atoms with Crippen LogP contribution in [-0.4, -0.2) is 63.3 Å². The summed E-state index contributed by atoms with van der Waals surface area (Å²) in [4.78, 5) is 6.94. The van der Waals surface area contributed by atoms with Crippen LogP contribution in [0.1, 0.15) is 47.0 Å². The number of nitrogens with one attached hydrogen (secondary N) is 2. The summed E-state index contributed by atoms with van der Waals surface area (Å²) in [6.07, 6.45) is 3.69. The SMILES string of the molecule is CN=C(NCCCOCC(C)C)NCC(C(C)C)N1CCCC1. The van der Waals surface area contributed by atoms with Crippen LogP contribution in [0.4, 0.5) is 0 Å². The Bertz CT molecular complexity index is 325. The standard InChI is InChI=1S/C18H38N4O/c1-15(2)14-23-12-8-9-20-18(19-5)21-13-17(16(3)4)22-10-6-7-11-22/h15-17H,6-14H2,1-5H3,(H2,19,20,21). The molecule has 23 heavy (non-hydrogen) atoms. The molecule has 5 heteroatoms. The lowest BCUT2D eigenvalue weighted by molar-refractivity contribution is 0.108. The maximum atomic E-state index is 5.60. The van der Waals surface area contributed by atoms with Gasteiger partial charge in [-0.05, 0) is 44.2 Å². The van der Waals surface area contributed by atoms with Gasteiger partial charge in [-0.1, -0.05) is 27.7 Å². The molecule has 1 atom stereocenters. The highest BCUT2D eigenvalue weighted by Gasteiger charge is 2.24. The van der Waals surface area contributed by atoms with E-state index in [4.69, 9.17) is 4.74 Å². The van der Waals surface area contributed by atoms with Crippen molar-refractivity contribution in [2.45, 2.75) is 53.0 Å². The molecule has 0 spiro atoms. The highest BCUT2D eigenvalue weighted by molar-refractivity contribution is 5.79. The molecule has 0 aromatic carbocycles. The molecule has 1 fully saturated rings. The molecule has 1 heterocycles. The lowest BCUT2D eigenvalue weighted by Gasteiger charge is -2.31. The molecule has 1 aliphatic heterocycles. The fourth-order valence-electron chi connectivity index (χ4n) is 2.98. The van der Waals surface area contributed by atoms with Crippen LogP contribution in [0, 0.1) is 11.8 Å². The molecule has 0 saturated carbocycles. The molecule has 1 rings (SSSR count). The van der Waals surface area contributed by atoms with Crippen LogP contribution in [0.15, 0.2) is 4.99 Å². The van der Waals surface area contributed by atoms with Crippen molar-refractivity contribution in [3.8, 4) is 0 Å². The van der Waals surface area contributed by atoms with Crippen molar-refractivity contribution < 1.29 is 4.74 Å². The average molecular weight is 327 g/mol. The molecule has 5 nitrogen and oxygen atoms in total. The Kier molecular flexibility index (Phi) is 10.3. The zero-order valence-corrected chi connectivity index (χ0v) is 15.9. The second-order valence-corrected chi connectivity index (χ2v) is 7.26. The third kappa shape index (κ3) is 8.56. The van der Waals surface area contributed by atoms with E-state index in [0.717, 1.165) is 38.7 Å². The predicted molar refractivity (Wildman–Crippen MR) is 99.1 cm³/mol. The highest BCUT2D eigenvalue weighted by Crippen LogP contribution is 2.16. The molecule has 0 radical (unpaired) electrons. The zero-order valence-electron chi connectivity index (χ0n) is 15.9. The minimum atomic E-state index is 0.588. The van der Waals surface area contributed by atoms with E-state index in [2.05, 4.69) is 48.2 Å². The van der Waals surface area contributed by atoms with E-state index in [1.807, 2.05) is 7.05 Å². The van der Waals surface area contributed by atoms with Gasteiger partial charge >= 0.3 is 0 Å². The number of hydrogen-bond donors (Lipinski definition) is 2. The third-order valence-corrected chi connectivity index (χ3v) is 4.29. The molecule has 0 aromatic heterocycles. The molecule has 1 aliphatic rings. The van der Waals surface area contributed by atoms with Crippen molar-refractivity contribution in [1.29, 1.82) is 0 Å². The van der Waals surface area contributed by atoms with Gasteiger partial charge in [0.25, 0.3) is 0 Å². The average Bonchev–Trinajstić information content (AvgIpc) is 3.02. The first-order valence-corrected chi connectivity index (χ1v) is 9.31. The molecule has 0 aliphatic carbocycles. The normalized spacial score (nSPS) is 18.0. The largest absolute Gasteiger partial charge is 0.381 e. The Morgan fingerprint density at radius 3 is 2.39 bits per heavy atom.